The van der Waals surface area contributed by atoms with E-state index < -0.39 is 0 Å². The first-order valence-electron chi connectivity index (χ1n) is 5.79. The minimum Gasteiger partial charge on any atom is -0.341 e. The number of aromatic amines is 1. The highest BCUT2D eigenvalue weighted by atomic mass is 79.9. The average Bonchev–Trinajstić information content (AvgIpc) is 2.38. The van der Waals surface area contributed by atoms with E-state index in [2.05, 4.69) is 52.1 Å². The number of fused-ring (bicyclic) bond motifs is 1. The van der Waals surface area contributed by atoms with Crippen molar-refractivity contribution >= 4 is 44.1 Å². The van der Waals surface area contributed by atoms with E-state index >= 15 is 0 Å². The lowest BCUT2D eigenvalue weighted by Gasteiger charge is -2.17. The minimum absolute atomic E-state index is 0.646. The molecule has 0 saturated heterocycles. The molecular formula is C12H10Br2N4S. The maximum atomic E-state index is 5.37. The van der Waals surface area contributed by atoms with Crippen LogP contribution in [0.2, 0.25) is 0 Å². The molecule has 1 aliphatic heterocycles. The van der Waals surface area contributed by atoms with Crippen LogP contribution in [-0.4, -0.2) is 21.5 Å². The average molecular weight is 402 g/mol. The van der Waals surface area contributed by atoms with Crippen LogP contribution in [0.25, 0.3) is 11.5 Å². The molecule has 4 nitrogen and oxygen atoms in total. The van der Waals surface area contributed by atoms with Crippen LogP contribution in [0.4, 0.5) is 0 Å². The molecule has 0 fully saturated rings. The molecule has 0 bridgehead atoms. The highest BCUT2D eigenvalue weighted by molar-refractivity contribution is 9.11. The summed E-state index contributed by atoms with van der Waals surface area (Å²) in [4.78, 5) is 12.2. The van der Waals surface area contributed by atoms with Crippen LogP contribution in [0.1, 0.15) is 11.3 Å². The van der Waals surface area contributed by atoms with E-state index in [1.807, 2.05) is 6.07 Å². The number of nitrogens with one attached hydrogen (secondary N) is 2. The Balaban J connectivity index is 2.15. The van der Waals surface area contributed by atoms with Gasteiger partial charge in [0.15, 0.2) is 5.82 Å². The normalized spacial score (nSPS) is 14.2. The number of hydrogen-bond donors (Lipinski definition) is 2. The van der Waals surface area contributed by atoms with Crippen LogP contribution in [0.3, 0.4) is 0 Å². The van der Waals surface area contributed by atoms with Gasteiger partial charge < -0.3 is 10.3 Å². The topological polar surface area (TPSA) is 53.6 Å². The van der Waals surface area contributed by atoms with Gasteiger partial charge in [0.25, 0.3) is 0 Å². The zero-order valence-corrected chi connectivity index (χ0v) is 13.8. The fourth-order valence-corrected chi connectivity index (χ4v) is 3.53. The summed E-state index contributed by atoms with van der Waals surface area (Å²) in [7, 11) is 0. The lowest BCUT2D eigenvalue weighted by atomic mass is 10.1. The van der Waals surface area contributed by atoms with Crippen molar-refractivity contribution in [1.82, 2.24) is 20.3 Å². The summed E-state index contributed by atoms with van der Waals surface area (Å²) in [6, 6.07) is 1.95. The molecular weight excluding hydrogens is 392 g/mol. The highest BCUT2D eigenvalue weighted by Crippen LogP contribution is 2.27. The maximum absolute atomic E-state index is 5.37. The van der Waals surface area contributed by atoms with Crippen molar-refractivity contribution in [3.63, 3.8) is 0 Å². The lowest BCUT2D eigenvalue weighted by molar-refractivity contribution is 0.624. The molecule has 1 aliphatic rings. The molecule has 19 heavy (non-hydrogen) atoms. The van der Waals surface area contributed by atoms with Gasteiger partial charge in [-0.1, -0.05) is 12.2 Å². The second-order valence-electron chi connectivity index (χ2n) is 4.26. The third kappa shape index (κ3) is 2.65. The van der Waals surface area contributed by atoms with E-state index in [9.17, 15) is 0 Å². The Kier molecular flexibility index (Phi) is 3.79. The first-order valence-corrected chi connectivity index (χ1v) is 7.79. The predicted octanol–water partition coefficient (Wildman–Crippen LogP) is 3.37. The van der Waals surface area contributed by atoms with E-state index in [4.69, 9.17) is 12.2 Å². The summed E-state index contributed by atoms with van der Waals surface area (Å²) in [5.74, 6) is 0.713. The molecule has 0 unspecified atom stereocenters. The third-order valence-electron chi connectivity index (χ3n) is 2.99. The van der Waals surface area contributed by atoms with Crippen LogP contribution < -0.4 is 5.32 Å². The molecule has 98 valence electrons. The molecule has 0 aromatic carbocycles. The van der Waals surface area contributed by atoms with Gasteiger partial charge >= 0.3 is 0 Å². The summed E-state index contributed by atoms with van der Waals surface area (Å²) < 4.78 is 2.45. The SMILES string of the molecule is S=c1nc(-c2ncc(Br)cc2Br)[nH]c2c1CNCC2. The minimum atomic E-state index is 0.646. The van der Waals surface area contributed by atoms with Crippen molar-refractivity contribution in [3.8, 4) is 11.5 Å². The third-order valence-corrected chi connectivity index (χ3v) is 4.37. The molecule has 2 aromatic rings. The Bertz CT molecular complexity index is 699. The number of aromatic nitrogens is 3. The molecule has 3 rings (SSSR count). The fraction of sp³-hybridized carbons (Fsp3) is 0.250. The standard InChI is InChI=1S/C12H10Br2N4S/c13-6-3-8(14)10(16-4-6)11-17-9-1-2-15-5-7(9)12(19)18-11/h3-4,15H,1-2,5H2,(H,17,18,19). The van der Waals surface area contributed by atoms with Gasteiger partial charge in [0.2, 0.25) is 0 Å². The molecule has 0 saturated carbocycles. The summed E-state index contributed by atoms with van der Waals surface area (Å²) in [6.07, 6.45) is 2.68. The lowest BCUT2D eigenvalue weighted by Crippen LogP contribution is -2.25. The Labute approximate surface area is 132 Å². The number of halogens is 2. The number of rotatable bonds is 1. The molecule has 0 radical (unpaired) electrons. The molecule has 0 spiro atoms. The summed E-state index contributed by atoms with van der Waals surface area (Å²) in [6.45, 7) is 1.74. The van der Waals surface area contributed by atoms with Crippen LogP contribution in [0, 0.1) is 4.64 Å². The van der Waals surface area contributed by atoms with Gasteiger partial charge in [-0.2, -0.15) is 0 Å². The van der Waals surface area contributed by atoms with E-state index in [0.29, 0.717) is 10.5 Å². The van der Waals surface area contributed by atoms with Crippen molar-refractivity contribution in [2.24, 2.45) is 0 Å². The smallest absolute Gasteiger partial charge is 0.159 e. The van der Waals surface area contributed by atoms with Crippen molar-refractivity contribution in [2.75, 3.05) is 6.54 Å². The van der Waals surface area contributed by atoms with Crippen LogP contribution in [0.5, 0.6) is 0 Å². The largest absolute Gasteiger partial charge is 0.341 e. The van der Waals surface area contributed by atoms with Gasteiger partial charge in [-0.05, 0) is 37.9 Å². The Morgan fingerprint density at radius 3 is 2.95 bits per heavy atom. The van der Waals surface area contributed by atoms with Gasteiger partial charge in [0.05, 0.1) is 0 Å². The van der Waals surface area contributed by atoms with Crippen molar-refractivity contribution in [2.45, 2.75) is 13.0 Å². The van der Waals surface area contributed by atoms with Gasteiger partial charge in [0, 0.05) is 45.9 Å². The molecule has 7 heteroatoms. The van der Waals surface area contributed by atoms with Crippen LogP contribution in [-0.2, 0) is 13.0 Å². The highest BCUT2D eigenvalue weighted by Gasteiger charge is 2.15. The number of pyridine rings is 1. The van der Waals surface area contributed by atoms with E-state index in [-0.39, 0.29) is 0 Å². The zero-order chi connectivity index (χ0) is 13.4. The quantitative estimate of drug-likeness (QED) is 0.719. The number of nitrogens with zero attached hydrogens (tertiary/aromatic N) is 2. The van der Waals surface area contributed by atoms with E-state index in [0.717, 1.165) is 45.4 Å². The molecule has 2 N–H and O–H groups in total. The Morgan fingerprint density at radius 1 is 1.32 bits per heavy atom. The van der Waals surface area contributed by atoms with Gasteiger partial charge in [-0.25, -0.2) is 4.98 Å². The second-order valence-corrected chi connectivity index (χ2v) is 6.42. The van der Waals surface area contributed by atoms with Gasteiger partial charge in [-0.3, -0.25) is 4.98 Å². The zero-order valence-electron chi connectivity index (χ0n) is 9.83. The van der Waals surface area contributed by atoms with Crippen molar-refractivity contribution < 1.29 is 0 Å². The molecule has 2 aromatic heterocycles. The van der Waals surface area contributed by atoms with Crippen LogP contribution >= 0.6 is 44.1 Å². The Hall–Kier alpha value is -0.630. The van der Waals surface area contributed by atoms with Crippen LogP contribution in [0.15, 0.2) is 21.2 Å². The maximum Gasteiger partial charge on any atom is 0.159 e. The van der Waals surface area contributed by atoms with E-state index in [1.54, 1.807) is 6.20 Å². The first-order chi connectivity index (χ1) is 9.15. The molecule has 0 atom stereocenters. The summed E-state index contributed by atoms with van der Waals surface area (Å²) >= 11 is 12.3. The fourth-order valence-electron chi connectivity index (χ4n) is 2.07. The monoisotopic (exact) mass is 400 g/mol. The second kappa shape index (κ2) is 5.40. The first kappa shape index (κ1) is 13.4. The summed E-state index contributed by atoms with van der Waals surface area (Å²) in [5, 5.41) is 3.30. The van der Waals surface area contributed by atoms with Crippen molar-refractivity contribution in [3.05, 3.63) is 37.1 Å². The molecule has 0 aliphatic carbocycles. The predicted molar refractivity (Wildman–Crippen MR) is 83.5 cm³/mol. The number of H-pyrrole nitrogens is 1. The van der Waals surface area contributed by atoms with E-state index in [1.165, 1.54) is 0 Å². The Morgan fingerprint density at radius 2 is 2.16 bits per heavy atom. The number of hydrogen-bond acceptors (Lipinski definition) is 4. The summed E-state index contributed by atoms with van der Waals surface area (Å²) in [5.41, 5.74) is 3.03. The van der Waals surface area contributed by atoms with Gasteiger partial charge in [-0.15, -0.1) is 0 Å². The van der Waals surface area contributed by atoms with Gasteiger partial charge in [0.1, 0.15) is 10.3 Å². The molecule has 0 amide bonds. The molecule has 3 heterocycles. The van der Waals surface area contributed by atoms with Crippen molar-refractivity contribution in [1.29, 1.82) is 0 Å².